The normalized spacial score (nSPS) is 12.9. The van der Waals surface area contributed by atoms with Crippen molar-refractivity contribution >= 4 is 0 Å². The summed E-state index contributed by atoms with van der Waals surface area (Å²) in [6.45, 7) is 6.42. The van der Waals surface area contributed by atoms with Gasteiger partial charge in [-0.2, -0.15) is 0 Å². The molecule has 1 heteroatoms. The third kappa shape index (κ3) is 2.85. The van der Waals surface area contributed by atoms with E-state index in [4.69, 9.17) is 5.73 Å². The van der Waals surface area contributed by atoms with E-state index in [0.717, 1.165) is 12.8 Å². The predicted octanol–water partition coefficient (Wildman–Crippen LogP) is 2.58. The van der Waals surface area contributed by atoms with Crippen LogP contribution in [0.15, 0.2) is 18.2 Å². The fraction of sp³-hybridized carbons (Fsp3) is 0.500. The summed E-state index contributed by atoms with van der Waals surface area (Å²) in [5.74, 6) is 0. The minimum atomic E-state index is 0.308. The van der Waals surface area contributed by atoms with Gasteiger partial charge in [0, 0.05) is 6.04 Å². The zero-order valence-electron chi connectivity index (χ0n) is 8.80. The molecule has 2 N–H and O–H groups in total. The molecular formula is C12H19N. The average molecular weight is 177 g/mol. The van der Waals surface area contributed by atoms with Gasteiger partial charge in [-0.15, -0.1) is 0 Å². The summed E-state index contributed by atoms with van der Waals surface area (Å²) >= 11 is 0. The molecule has 1 aromatic carbocycles. The Morgan fingerprint density at radius 3 is 2.46 bits per heavy atom. The van der Waals surface area contributed by atoms with E-state index >= 15 is 0 Å². The van der Waals surface area contributed by atoms with Crippen molar-refractivity contribution in [2.24, 2.45) is 5.73 Å². The molecule has 0 aliphatic heterocycles. The average Bonchev–Trinajstić information content (AvgIpc) is 2.11. The van der Waals surface area contributed by atoms with Gasteiger partial charge in [0.25, 0.3) is 0 Å². The molecule has 0 fully saturated rings. The third-order valence-corrected chi connectivity index (χ3v) is 2.59. The van der Waals surface area contributed by atoms with Crippen LogP contribution in [0.25, 0.3) is 0 Å². The molecule has 0 aliphatic carbocycles. The molecule has 0 bridgehead atoms. The Morgan fingerprint density at radius 1 is 1.23 bits per heavy atom. The number of hydrogen-bond acceptors (Lipinski definition) is 1. The molecule has 0 aliphatic rings. The lowest BCUT2D eigenvalue weighted by atomic mass is 10.0. The molecule has 0 saturated heterocycles. The predicted molar refractivity (Wildman–Crippen MR) is 57.9 cm³/mol. The van der Waals surface area contributed by atoms with Gasteiger partial charge in [0.15, 0.2) is 0 Å². The highest BCUT2D eigenvalue weighted by Gasteiger charge is 2.01. The van der Waals surface area contributed by atoms with Crippen LogP contribution in [0.2, 0.25) is 0 Å². The lowest BCUT2D eigenvalue weighted by molar-refractivity contribution is 0.646. The minimum absolute atomic E-state index is 0.308. The molecule has 1 unspecified atom stereocenters. The zero-order chi connectivity index (χ0) is 9.84. The van der Waals surface area contributed by atoms with Crippen molar-refractivity contribution in [1.29, 1.82) is 0 Å². The first-order valence-corrected chi connectivity index (χ1v) is 4.95. The fourth-order valence-corrected chi connectivity index (χ4v) is 1.38. The molecule has 0 saturated carbocycles. The first kappa shape index (κ1) is 10.3. The van der Waals surface area contributed by atoms with Crippen molar-refractivity contribution in [2.75, 3.05) is 0 Å². The number of nitrogens with two attached hydrogens (primary N) is 1. The molecule has 1 aromatic rings. The van der Waals surface area contributed by atoms with E-state index in [2.05, 4.69) is 39.0 Å². The Morgan fingerprint density at radius 2 is 1.92 bits per heavy atom. The molecule has 1 nitrogen and oxygen atoms in total. The number of hydrogen-bond donors (Lipinski definition) is 1. The maximum atomic E-state index is 5.89. The lowest BCUT2D eigenvalue weighted by Gasteiger charge is -2.10. The van der Waals surface area contributed by atoms with E-state index in [1.54, 1.807) is 0 Å². The van der Waals surface area contributed by atoms with Crippen molar-refractivity contribution in [1.82, 2.24) is 0 Å². The monoisotopic (exact) mass is 177 g/mol. The highest BCUT2D eigenvalue weighted by atomic mass is 14.6. The Labute approximate surface area is 81.0 Å². The second kappa shape index (κ2) is 4.43. The highest BCUT2D eigenvalue weighted by Crippen LogP contribution is 2.11. The topological polar surface area (TPSA) is 26.0 Å². The van der Waals surface area contributed by atoms with Crippen LogP contribution in [0.5, 0.6) is 0 Å². The summed E-state index contributed by atoms with van der Waals surface area (Å²) < 4.78 is 0. The van der Waals surface area contributed by atoms with Crippen molar-refractivity contribution in [3.05, 3.63) is 34.9 Å². The number of aryl methyl sites for hydroxylation is 2. The smallest absolute Gasteiger partial charge is 0.00766 e. The Bertz CT molecular complexity index is 278. The molecule has 0 radical (unpaired) electrons. The van der Waals surface area contributed by atoms with Crippen molar-refractivity contribution in [2.45, 2.75) is 39.7 Å². The molecule has 0 heterocycles. The zero-order valence-corrected chi connectivity index (χ0v) is 8.80. The minimum Gasteiger partial charge on any atom is -0.327 e. The van der Waals surface area contributed by atoms with Crippen LogP contribution in [-0.2, 0) is 6.42 Å². The quantitative estimate of drug-likeness (QED) is 0.754. The molecular weight excluding hydrogens is 158 g/mol. The summed E-state index contributed by atoms with van der Waals surface area (Å²) in [7, 11) is 0. The molecule has 0 amide bonds. The van der Waals surface area contributed by atoms with Crippen molar-refractivity contribution < 1.29 is 0 Å². The van der Waals surface area contributed by atoms with E-state index in [0.29, 0.717) is 6.04 Å². The van der Waals surface area contributed by atoms with Gasteiger partial charge in [-0.25, -0.2) is 0 Å². The van der Waals surface area contributed by atoms with Crippen LogP contribution < -0.4 is 5.73 Å². The second-order valence-corrected chi connectivity index (χ2v) is 3.79. The van der Waals surface area contributed by atoms with Gasteiger partial charge in [0.05, 0.1) is 0 Å². The first-order chi connectivity index (χ1) is 6.13. The van der Waals surface area contributed by atoms with Crippen molar-refractivity contribution in [3.63, 3.8) is 0 Å². The van der Waals surface area contributed by atoms with Gasteiger partial charge >= 0.3 is 0 Å². The van der Waals surface area contributed by atoms with Gasteiger partial charge in [0.2, 0.25) is 0 Å². The number of rotatable bonds is 3. The summed E-state index contributed by atoms with van der Waals surface area (Å²) in [5.41, 5.74) is 9.97. The molecule has 13 heavy (non-hydrogen) atoms. The second-order valence-electron chi connectivity index (χ2n) is 3.79. The van der Waals surface area contributed by atoms with Gasteiger partial charge < -0.3 is 5.73 Å². The van der Waals surface area contributed by atoms with Crippen LogP contribution in [0.3, 0.4) is 0 Å². The fourth-order valence-electron chi connectivity index (χ4n) is 1.38. The number of benzene rings is 1. The SMILES string of the molecule is CCC(N)Cc1ccc(C)c(C)c1. The highest BCUT2D eigenvalue weighted by molar-refractivity contribution is 5.30. The van der Waals surface area contributed by atoms with E-state index in [1.165, 1.54) is 16.7 Å². The van der Waals surface area contributed by atoms with Crippen LogP contribution in [-0.4, -0.2) is 6.04 Å². The molecule has 0 aromatic heterocycles. The summed E-state index contributed by atoms with van der Waals surface area (Å²) in [6.07, 6.45) is 2.05. The Hall–Kier alpha value is -0.820. The summed E-state index contributed by atoms with van der Waals surface area (Å²) in [4.78, 5) is 0. The molecule has 0 spiro atoms. The largest absolute Gasteiger partial charge is 0.327 e. The van der Waals surface area contributed by atoms with E-state index in [9.17, 15) is 0 Å². The van der Waals surface area contributed by atoms with Crippen LogP contribution in [0, 0.1) is 13.8 Å². The van der Waals surface area contributed by atoms with Gasteiger partial charge in [-0.05, 0) is 43.4 Å². The van der Waals surface area contributed by atoms with Gasteiger partial charge in [0.1, 0.15) is 0 Å². The van der Waals surface area contributed by atoms with Crippen molar-refractivity contribution in [3.8, 4) is 0 Å². The van der Waals surface area contributed by atoms with Gasteiger partial charge in [-0.3, -0.25) is 0 Å². The standard InChI is InChI=1S/C12H19N/c1-4-12(13)8-11-6-5-9(2)10(3)7-11/h5-7,12H,4,8,13H2,1-3H3. The molecule has 72 valence electrons. The third-order valence-electron chi connectivity index (χ3n) is 2.59. The summed E-state index contributed by atoms with van der Waals surface area (Å²) in [5, 5.41) is 0. The Kier molecular flexibility index (Phi) is 3.49. The first-order valence-electron chi connectivity index (χ1n) is 4.95. The lowest BCUT2D eigenvalue weighted by Crippen LogP contribution is -2.21. The van der Waals surface area contributed by atoms with Crippen LogP contribution in [0.1, 0.15) is 30.0 Å². The van der Waals surface area contributed by atoms with E-state index < -0.39 is 0 Å². The summed E-state index contributed by atoms with van der Waals surface area (Å²) in [6, 6.07) is 6.90. The van der Waals surface area contributed by atoms with E-state index in [1.807, 2.05) is 0 Å². The molecule has 1 rings (SSSR count). The van der Waals surface area contributed by atoms with Gasteiger partial charge in [-0.1, -0.05) is 25.1 Å². The molecule has 1 atom stereocenters. The maximum absolute atomic E-state index is 5.89. The maximum Gasteiger partial charge on any atom is 0.00766 e. The van der Waals surface area contributed by atoms with Crippen LogP contribution in [0.4, 0.5) is 0 Å². The van der Waals surface area contributed by atoms with Crippen LogP contribution >= 0.6 is 0 Å². The van der Waals surface area contributed by atoms with E-state index in [-0.39, 0.29) is 0 Å². The Balaban J connectivity index is 2.73.